The minimum Gasteiger partial charge on any atom is -0.490 e. The lowest BCUT2D eigenvalue weighted by atomic mass is 10.0. The number of carbonyl (C=O) groups is 2. The highest BCUT2D eigenvalue weighted by atomic mass is 79.9. The molecule has 2 atom stereocenters. The van der Waals surface area contributed by atoms with Gasteiger partial charge in [-0.1, -0.05) is 40.2 Å². The third-order valence-corrected chi connectivity index (χ3v) is 9.98. The molecule has 1 heterocycles. The molecule has 1 aliphatic carbocycles. The van der Waals surface area contributed by atoms with Gasteiger partial charge in [-0.25, -0.2) is 13.2 Å². The minimum atomic E-state index is -4.61. The molecule has 46 heavy (non-hydrogen) atoms. The van der Waals surface area contributed by atoms with Crippen LogP contribution in [0.15, 0.2) is 70.0 Å². The van der Waals surface area contributed by atoms with Gasteiger partial charge < -0.3 is 19.7 Å². The summed E-state index contributed by atoms with van der Waals surface area (Å²) in [5.74, 6) is -4.36. The van der Waals surface area contributed by atoms with Crippen molar-refractivity contribution in [2.75, 3.05) is 13.1 Å². The summed E-state index contributed by atoms with van der Waals surface area (Å²) in [6.07, 6.45) is 3.97. The van der Waals surface area contributed by atoms with Crippen molar-refractivity contribution >= 4 is 48.7 Å². The largest absolute Gasteiger partial charge is 0.490 e. The van der Waals surface area contributed by atoms with Crippen molar-refractivity contribution in [2.45, 2.75) is 87.5 Å². The Labute approximate surface area is 276 Å². The van der Waals surface area contributed by atoms with Crippen molar-refractivity contribution in [3.05, 3.63) is 70.7 Å². The molecule has 2 N–H and O–H groups in total. The van der Waals surface area contributed by atoms with E-state index in [0.717, 1.165) is 48.1 Å². The molecule has 2 fully saturated rings. The van der Waals surface area contributed by atoms with E-state index in [1.54, 1.807) is 39.0 Å². The van der Waals surface area contributed by atoms with Crippen LogP contribution in [0.25, 0.3) is 10.8 Å². The number of benzene rings is 3. The van der Waals surface area contributed by atoms with Gasteiger partial charge in [-0.15, -0.1) is 0 Å². The molecule has 1 saturated heterocycles. The van der Waals surface area contributed by atoms with E-state index in [1.165, 1.54) is 24.3 Å². The van der Waals surface area contributed by atoms with Crippen LogP contribution >= 0.6 is 15.9 Å². The number of rotatable bonds is 9. The molecule has 5 rings (SSSR count). The first-order chi connectivity index (χ1) is 21.6. The lowest BCUT2D eigenvalue weighted by Gasteiger charge is -2.30. The van der Waals surface area contributed by atoms with E-state index in [1.807, 2.05) is 10.8 Å². The maximum atomic E-state index is 16.2. The van der Waals surface area contributed by atoms with Gasteiger partial charge in [0.2, 0.25) is 15.9 Å². The first-order valence-corrected chi connectivity index (χ1v) is 17.5. The summed E-state index contributed by atoms with van der Waals surface area (Å²) < 4.78 is 73.5. The fourth-order valence-electron chi connectivity index (χ4n) is 5.72. The Bertz CT molecular complexity index is 1690. The predicted octanol–water partition coefficient (Wildman–Crippen LogP) is 6.49. The van der Waals surface area contributed by atoms with Gasteiger partial charge in [-0.05, 0) is 100 Å². The topological polar surface area (TPSA) is 114 Å². The van der Waals surface area contributed by atoms with Crippen LogP contribution in [-0.2, 0) is 25.5 Å². The highest BCUT2D eigenvalue weighted by molar-refractivity contribution is 9.10. The van der Waals surface area contributed by atoms with Crippen LogP contribution in [0.2, 0.25) is 0 Å². The van der Waals surface area contributed by atoms with E-state index in [9.17, 15) is 18.0 Å². The van der Waals surface area contributed by atoms with E-state index < -0.39 is 51.2 Å². The molecular weight excluding hydrogens is 684 g/mol. The van der Waals surface area contributed by atoms with E-state index >= 15 is 8.78 Å². The van der Waals surface area contributed by atoms with Crippen molar-refractivity contribution < 1.29 is 36.3 Å². The summed E-state index contributed by atoms with van der Waals surface area (Å²) in [4.78, 5) is 26.9. The zero-order valence-corrected chi connectivity index (χ0v) is 28.3. The normalized spacial score (nSPS) is 18.5. The number of fused-ring (bicyclic) bond motifs is 1. The molecule has 1 aliphatic heterocycles. The Kier molecular flexibility index (Phi) is 9.95. The Balaban J connectivity index is 1.39. The molecule has 2 aliphatic rings. The second kappa shape index (κ2) is 13.4. The van der Waals surface area contributed by atoms with Crippen LogP contribution in [-0.4, -0.2) is 62.2 Å². The molecule has 1 saturated carbocycles. The fourth-order valence-corrected chi connectivity index (χ4v) is 7.21. The van der Waals surface area contributed by atoms with Crippen molar-refractivity contribution in [3.63, 3.8) is 0 Å². The number of nitrogens with zero attached hydrogens (tertiary/aromatic N) is 1. The fraction of sp³-hybridized carbons (Fsp3) is 0.455. The second-order valence-electron chi connectivity index (χ2n) is 12.8. The van der Waals surface area contributed by atoms with Crippen molar-refractivity contribution in [3.8, 4) is 5.75 Å². The summed E-state index contributed by atoms with van der Waals surface area (Å²) >= 11 is 3.22. The number of hydrogen-bond acceptors (Lipinski definition) is 6. The number of alkyl halides is 2. The number of halogens is 3. The number of carbonyl (C=O) groups excluding carboxylic acids is 2. The monoisotopic (exact) mass is 721 g/mol. The molecule has 0 spiro atoms. The van der Waals surface area contributed by atoms with Crippen molar-refractivity contribution in [1.29, 1.82) is 0 Å². The number of nitrogens with one attached hydrogen (secondary N) is 2. The highest BCUT2D eigenvalue weighted by Gasteiger charge is 2.50. The number of sulfonamides is 1. The van der Waals surface area contributed by atoms with Gasteiger partial charge in [0.1, 0.15) is 11.4 Å². The summed E-state index contributed by atoms with van der Waals surface area (Å²) in [6.45, 7) is 5.06. The molecule has 3 aromatic rings. The summed E-state index contributed by atoms with van der Waals surface area (Å²) in [7, 11) is -4.61. The Hall–Kier alpha value is -3.29. The molecule has 248 valence electrons. The number of amides is 2. The van der Waals surface area contributed by atoms with Crippen LogP contribution in [0.1, 0.15) is 58.4 Å². The SMILES string of the molecule is CC(C)(C)OC(=O)N[C@H]1CCN(C(=O)C(NS(=O)(=O)c2ccc3cc(OC4CCCC4)ccc3c2)C(F)(F)c2ccc(Br)cc2)C1. The first-order valence-electron chi connectivity index (χ1n) is 15.3. The Morgan fingerprint density at radius 2 is 1.61 bits per heavy atom. The molecule has 13 heteroatoms. The molecule has 2 amide bonds. The standard InChI is InChI=1S/C33H38BrF2N3O6S/c1-32(2,3)45-31(41)37-25-16-17-39(20-25)30(40)29(33(35,36)23-10-12-24(34)13-11-23)38-46(42,43)28-15-9-21-18-27(14-8-22(21)19-28)44-26-6-4-5-7-26/h8-15,18-19,25-26,29,38H,4-7,16-17,20H2,1-3H3,(H,37,41)/t25-,29?/m0/s1. The molecule has 0 aromatic heterocycles. The number of alkyl carbamates (subject to hydrolysis) is 1. The zero-order chi connectivity index (χ0) is 33.3. The number of hydrogen-bond donors (Lipinski definition) is 2. The van der Waals surface area contributed by atoms with Gasteiger partial charge in [-0.3, -0.25) is 4.79 Å². The lowest BCUT2D eigenvalue weighted by molar-refractivity contribution is -0.143. The van der Waals surface area contributed by atoms with Gasteiger partial charge in [-0.2, -0.15) is 13.5 Å². The molecular formula is C33H38BrF2N3O6S. The van der Waals surface area contributed by atoms with E-state index in [2.05, 4.69) is 21.2 Å². The third-order valence-electron chi connectivity index (χ3n) is 8.03. The lowest BCUT2D eigenvalue weighted by Crippen LogP contribution is -2.56. The molecule has 9 nitrogen and oxygen atoms in total. The summed E-state index contributed by atoms with van der Waals surface area (Å²) in [5, 5.41) is 3.95. The summed E-state index contributed by atoms with van der Waals surface area (Å²) in [6, 6.07) is 11.6. The molecule has 0 radical (unpaired) electrons. The minimum absolute atomic E-state index is 0.0369. The molecule has 3 aromatic carbocycles. The number of likely N-dealkylation sites (tertiary alicyclic amines) is 1. The van der Waals surface area contributed by atoms with E-state index in [-0.39, 0.29) is 30.5 Å². The number of ether oxygens (including phenoxy) is 2. The van der Waals surface area contributed by atoms with Gasteiger partial charge >= 0.3 is 6.09 Å². The van der Waals surface area contributed by atoms with Gasteiger partial charge in [0.25, 0.3) is 5.92 Å². The maximum Gasteiger partial charge on any atom is 0.407 e. The molecule has 1 unspecified atom stereocenters. The van der Waals surface area contributed by atoms with E-state index in [0.29, 0.717) is 15.6 Å². The van der Waals surface area contributed by atoms with Gasteiger partial charge in [0.05, 0.1) is 17.0 Å². The van der Waals surface area contributed by atoms with Crippen LogP contribution in [0.4, 0.5) is 13.6 Å². The quantitative estimate of drug-likeness (QED) is 0.261. The zero-order valence-electron chi connectivity index (χ0n) is 25.9. The Morgan fingerprint density at radius 1 is 0.957 bits per heavy atom. The smallest absolute Gasteiger partial charge is 0.407 e. The van der Waals surface area contributed by atoms with Crippen molar-refractivity contribution in [1.82, 2.24) is 14.9 Å². The third kappa shape index (κ3) is 8.16. The van der Waals surface area contributed by atoms with Gasteiger partial charge in [0, 0.05) is 23.1 Å². The van der Waals surface area contributed by atoms with Crippen LogP contribution < -0.4 is 14.8 Å². The predicted molar refractivity (Wildman–Crippen MR) is 173 cm³/mol. The van der Waals surface area contributed by atoms with E-state index in [4.69, 9.17) is 9.47 Å². The maximum absolute atomic E-state index is 16.2. The van der Waals surface area contributed by atoms with Crippen LogP contribution in [0, 0.1) is 0 Å². The van der Waals surface area contributed by atoms with Crippen molar-refractivity contribution in [2.24, 2.45) is 0 Å². The highest BCUT2D eigenvalue weighted by Crippen LogP contribution is 2.35. The second-order valence-corrected chi connectivity index (χ2v) is 15.4. The first kappa shape index (κ1) is 34.1. The summed E-state index contributed by atoms with van der Waals surface area (Å²) in [5.41, 5.74) is -1.28. The average molecular weight is 723 g/mol. The van der Waals surface area contributed by atoms with Crippen LogP contribution in [0.3, 0.4) is 0 Å². The Morgan fingerprint density at radius 3 is 2.28 bits per heavy atom. The van der Waals surface area contributed by atoms with Gasteiger partial charge in [0.15, 0.2) is 6.04 Å². The van der Waals surface area contributed by atoms with Crippen LogP contribution in [0.5, 0.6) is 5.75 Å². The molecule has 0 bridgehead atoms. The average Bonchev–Trinajstić information content (AvgIpc) is 3.67.